The van der Waals surface area contributed by atoms with E-state index in [9.17, 15) is 4.79 Å². The topological polar surface area (TPSA) is 80.5 Å². The van der Waals surface area contributed by atoms with Crippen molar-refractivity contribution in [3.05, 3.63) is 59.4 Å². The molecule has 1 aromatic heterocycles. The molecule has 2 heterocycles. The summed E-state index contributed by atoms with van der Waals surface area (Å²) in [6, 6.07) is 14.1. The van der Waals surface area contributed by atoms with Crippen LogP contribution < -0.4 is 10.1 Å². The van der Waals surface area contributed by atoms with E-state index in [0.717, 1.165) is 18.4 Å². The molecule has 1 atom stereocenters. The van der Waals surface area contributed by atoms with Gasteiger partial charge in [0.15, 0.2) is 0 Å². The first kappa shape index (κ1) is 19.3. The summed E-state index contributed by atoms with van der Waals surface area (Å²) in [4.78, 5) is 19.2. The van der Waals surface area contributed by atoms with Gasteiger partial charge < -0.3 is 19.5 Å². The number of urea groups is 1. The number of likely N-dealkylation sites (tertiary alicyclic amines) is 1. The van der Waals surface area contributed by atoms with Crippen LogP contribution in [0.3, 0.4) is 0 Å². The Hall–Kier alpha value is -3.06. The molecular weight excluding hydrogens is 392 g/mol. The van der Waals surface area contributed by atoms with Crippen LogP contribution >= 0.6 is 11.6 Å². The minimum atomic E-state index is -0.269. The normalized spacial score (nSPS) is 16.1. The Morgan fingerprint density at radius 3 is 3.00 bits per heavy atom. The largest absolute Gasteiger partial charge is 0.492 e. The second-order valence-electron chi connectivity index (χ2n) is 6.68. The third-order valence-electron chi connectivity index (χ3n) is 4.75. The van der Waals surface area contributed by atoms with Crippen LogP contribution in [0.1, 0.15) is 31.7 Å². The first-order valence-corrected chi connectivity index (χ1v) is 9.92. The minimum Gasteiger partial charge on any atom is -0.492 e. The highest BCUT2D eigenvalue weighted by molar-refractivity contribution is 6.30. The molecule has 8 heteroatoms. The van der Waals surface area contributed by atoms with Crippen molar-refractivity contribution in [1.29, 1.82) is 0 Å². The van der Waals surface area contributed by atoms with Gasteiger partial charge in [0.05, 0.1) is 12.3 Å². The number of ether oxygens (including phenoxy) is 1. The number of carbonyl (C=O) groups excluding carboxylic acids is 1. The maximum atomic E-state index is 12.9. The highest BCUT2D eigenvalue weighted by Crippen LogP contribution is 2.33. The van der Waals surface area contributed by atoms with Gasteiger partial charge in [-0.25, -0.2) is 4.79 Å². The maximum absolute atomic E-state index is 12.9. The van der Waals surface area contributed by atoms with Crippen molar-refractivity contribution in [3.8, 4) is 17.1 Å². The Labute approximate surface area is 173 Å². The van der Waals surface area contributed by atoms with Gasteiger partial charge in [0, 0.05) is 17.1 Å². The third-order valence-corrected chi connectivity index (χ3v) is 4.99. The first-order chi connectivity index (χ1) is 14.2. The number of carbonyl (C=O) groups is 1. The fourth-order valence-corrected chi connectivity index (χ4v) is 3.61. The van der Waals surface area contributed by atoms with Crippen LogP contribution in [0.2, 0.25) is 5.02 Å². The molecule has 1 N–H and O–H groups in total. The SMILES string of the molecule is CCOc1ccccc1NC(=O)N1CCC[C@H]1c1nc(-c2cccc(Cl)c2)no1. The van der Waals surface area contributed by atoms with E-state index in [1.54, 1.807) is 17.0 Å². The Balaban J connectivity index is 1.52. The van der Waals surface area contributed by atoms with Gasteiger partial charge in [0.2, 0.25) is 11.7 Å². The number of hydrogen-bond donors (Lipinski definition) is 1. The van der Waals surface area contributed by atoms with E-state index in [2.05, 4.69) is 15.5 Å². The number of nitrogens with one attached hydrogen (secondary N) is 1. The Bertz CT molecular complexity index is 1010. The summed E-state index contributed by atoms with van der Waals surface area (Å²) in [6.07, 6.45) is 1.62. The summed E-state index contributed by atoms with van der Waals surface area (Å²) < 4.78 is 11.1. The number of para-hydroxylation sites is 2. The second-order valence-corrected chi connectivity index (χ2v) is 7.11. The molecule has 29 heavy (non-hydrogen) atoms. The van der Waals surface area contributed by atoms with E-state index in [1.807, 2.05) is 43.3 Å². The van der Waals surface area contributed by atoms with Crippen molar-refractivity contribution in [2.45, 2.75) is 25.8 Å². The third kappa shape index (κ3) is 4.19. The van der Waals surface area contributed by atoms with Gasteiger partial charge in [-0.2, -0.15) is 4.98 Å². The molecular formula is C21H21ClN4O3. The lowest BCUT2D eigenvalue weighted by Gasteiger charge is -2.23. The van der Waals surface area contributed by atoms with Crippen LogP contribution in [0.4, 0.5) is 10.5 Å². The average molecular weight is 413 g/mol. The summed E-state index contributed by atoms with van der Waals surface area (Å²) >= 11 is 6.05. The number of nitrogens with zero attached hydrogens (tertiary/aromatic N) is 3. The minimum absolute atomic E-state index is 0.220. The molecule has 0 bridgehead atoms. The molecule has 0 spiro atoms. The molecule has 7 nitrogen and oxygen atoms in total. The van der Waals surface area contributed by atoms with Crippen molar-refractivity contribution in [3.63, 3.8) is 0 Å². The molecule has 4 rings (SSSR count). The number of aromatic nitrogens is 2. The summed E-state index contributed by atoms with van der Waals surface area (Å²) in [5.74, 6) is 1.52. The van der Waals surface area contributed by atoms with Crippen LogP contribution in [0.25, 0.3) is 11.4 Å². The van der Waals surface area contributed by atoms with E-state index in [1.165, 1.54) is 0 Å². The molecule has 2 amide bonds. The predicted molar refractivity (Wildman–Crippen MR) is 110 cm³/mol. The van der Waals surface area contributed by atoms with Gasteiger partial charge in [-0.15, -0.1) is 0 Å². The van der Waals surface area contributed by atoms with Crippen LogP contribution in [0, 0.1) is 0 Å². The molecule has 1 saturated heterocycles. The Morgan fingerprint density at radius 2 is 2.17 bits per heavy atom. The molecule has 150 valence electrons. The molecule has 0 radical (unpaired) electrons. The van der Waals surface area contributed by atoms with Crippen molar-refractivity contribution in [2.75, 3.05) is 18.5 Å². The van der Waals surface area contributed by atoms with E-state index >= 15 is 0 Å². The van der Waals surface area contributed by atoms with Gasteiger partial charge >= 0.3 is 6.03 Å². The molecule has 1 aliphatic heterocycles. The van der Waals surface area contributed by atoms with E-state index < -0.39 is 0 Å². The van der Waals surface area contributed by atoms with Gasteiger partial charge in [-0.05, 0) is 44.0 Å². The number of halogens is 1. The van der Waals surface area contributed by atoms with E-state index in [4.69, 9.17) is 20.9 Å². The number of amides is 2. The summed E-state index contributed by atoms with van der Waals surface area (Å²) in [5.41, 5.74) is 1.40. The lowest BCUT2D eigenvalue weighted by Crippen LogP contribution is -2.34. The summed E-state index contributed by atoms with van der Waals surface area (Å²) in [7, 11) is 0. The van der Waals surface area contributed by atoms with Crippen molar-refractivity contribution in [1.82, 2.24) is 15.0 Å². The van der Waals surface area contributed by atoms with Gasteiger partial charge in [0.1, 0.15) is 11.8 Å². The van der Waals surface area contributed by atoms with Gasteiger partial charge in [-0.1, -0.05) is 41.0 Å². The summed E-state index contributed by atoms with van der Waals surface area (Å²) in [6.45, 7) is 3.04. The zero-order chi connectivity index (χ0) is 20.2. The molecule has 0 aliphatic carbocycles. The number of rotatable bonds is 5. The predicted octanol–water partition coefficient (Wildman–Crippen LogP) is 5.16. The molecule has 0 saturated carbocycles. The van der Waals surface area contributed by atoms with Crippen molar-refractivity contribution in [2.24, 2.45) is 0 Å². The Morgan fingerprint density at radius 1 is 1.31 bits per heavy atom. The van der Waals surface area contributed by atoms with E-state index in [-0.39, 0.29) is 12.1 Å². The molecule has 1 fully saturated rings. The molecule has 2 aromatic carbocycles. The standard InChI is InChI=1S/C21H21ClN4O3/c1-2-28-18-11-4-3-9-16(18)23-21(27)26-12-6-10-17(26)20-24-19(25-29-20)14-7-5-8-15(22)13-14/h3-5,7-9,11,13,17H,2,6,10,12H2,1H3,(H,23,27)/t17-/m0/s1. The smallest absolute Gasteiger partial charge is 0.322 e. The highest BCUT2D eigenvalue weighted by atomic mass is 35.5. The monoisotopic (exact) mass is 412 g/mol. The van der Waals surface area contributed by atoms with E-state index in [0.29, 0.717) is 41.3 Å². The fourth-order valence-electron chi connectivity index (χ4n) is 3.42. The fraction of sp³-hybridized carbons (Fsp3) is 0.286. The van der Waals surface area contributed by atoms with Crippen LogP contribution in [0.5, 0.6) is 5.75 Å². The first-order valence-electron chi connectivity index (χ1n) is 9.54. The maximum Gasteiger partial charge on any atom is 0.322 e. The zero-order valence-electron chi connectivity index (χ0n) is 16.0. The second kappa shape index (κ2) is 8.53. The summed E-state index contributed by atoms with van der Waals surface area (Å²) in [5, 5.41) is 7.60. The quantitative estimate of drug-likeness (QED) is 0.626. The number of anilines is 1. The van der Waals surface area contributed by atoms with Crippen molar-refractivity contribution >= 4 is 23.3 Å². The Kier molecular flexibility index (Phi) is 5.67. The van der Waals surface area contributed by atoms with Crippen LogP contribution in [-0.2, 0) is 0 Å². The lowest BCUT2D eigenvalue weighted by molar-refractivity contribution is 0.193. The molecule has 1 aliphatic rings. The lowest BCUT2D eigenvalue weighted by atomic mass is 10.2. The number of benzene rings is 2. The number of hydrogen-bond acceptors (Lipinski definition) is 5. The van der Waals surface area contributed by atoms with Crippen LogP contribution in [0.15, 0.2) is 53.1 Å². The highest BCUT2D eigenvalue weighted by Gasteiger charge is 2.34. The van der Waals surface area contributed by atoms with Crippen LogP contribution in [-0.4, -0.2) is 34.2 Å². The van der Waals surface area contributed by atoms with Crippen molar-refractivity contribution < 1.29 is 14.1 Å². The molecule has 3 aromatic rings. The molecule has 0 unspecified atom stereocenters. The van der Waals surface area contributed by atoms with Gasteiger partial charge in [-0.3, -0.25) is 0 Å². The van der Waals surface area contributed by atoms with Gasteiger partial charge in [0.25, 0.3) is 0 Å². The average Bonchev–Trinajstić information content (AvgIpc) is 3.39. The zero-order valence-corrected chi connectivity index (χ0v) is 16.7.